The van der Waals surface area contributed by atoms with E-state index in [-0.39, 0.29) is 19.8 Å². The second kappa shape index (κ2) is 8.01. The van der Waals surface area contributed by atoms with Gasteiger partial charge in [0.15, 0.2) is 0 Å². The second-order valence-electron chi connectivity index (χ2n) is 4.89. The average Bonchev–Trinajstić information content (AvgIpc) is 2.45. The molecule has 0 rings (SSSR count). The summed E-state index contributed by atoms with van der Waals surface area (Å²) >= 11 is 0. The van der Waals surface area contributed by atoms with Gasteiger partial charge in [-0.15, -0.1) is 0 Å². The van der Waals surface area contributed by atoms with Crippen molar-refractivity contribution in [1.29, 1.82) is 0 Å². The number of alkyl halides is 9. The van der Waals surface area contributed by atoms with Crippen LogP contribution in [0.25, 0.3) is 0 Å². The van der Waals surface area contributed by atoms with Crippen molar-refractivity contribution in [2.24, 2.45) is 0 Å². The Bertz CT molecular complexity index is 412. The largest absolute Gasteiger partial charge is 0.510 e. The SMILES string of the molecule is CCO[Si](OCC)(OCC)C(C)C(F)(F)C(F)(F)C(F)(F)C(F)(F)F. The van der Waals surface area contributed by atoms with Crippen molar-refractivity contribution >= 4 is 8.80 Å². The molecule has 0 heterocycles. The molecule has 13 heteroatoms. The summed E-state index contributed by atoms with van der Waals surface area (Å²) in [7, 11) is -4.71. The predicted molar refractivity (Wildman–Crippen MR) is 71.0 cm³/mol. The van der Waals surface area contributed by atoms with Gasteiger partial charge in [0.25, 0.3) is 0 Å². The zero-order valence-electron chi connectivity index (χ0n) is 13.8. The first-order valence-electron chi connectivity index (χ1n) is 7.21. The molecule has 0 fully saturated rings. The fourth-order valence-electron chi connectivity index (χ4n) is 1.98. The average molecular weight is 410 g/mol. The van der Waals surface area contributed by atoms with Crippen LogP contribution in [0, 0.1) is 0 Å². The maximum absolute atomic E-state index is 14.2. The summed E-state index contributed by atoms with van der Waals surface area (Å²) in [6.45, 7) is 3.05. The van der Waals surface area contributed by atoms with E-state index >= 15 is 0 Å². The molecule has 152 valence electrons. The highest BCUT2D eigenvalue weighted by Gasteiger charge is 2.84. The molecule has 0 spiro atoms. The van der Waals surface area contributed by atoms with Crippen LogP contribution in [0.3, 0.4) is 0 Å². The summed E-state index contributed by atoms with van der Waals surface area (Å²) < 4.78 is 133. The molecule has 1 unspecified atom stereocenters. The minimum absolute atomic E-state index is 0.341. The molecule has 0 amide bonds. The predicted octanol–water partition coefficient (Wildman–Crippen LogP) is 4.89. The van der Waals surface area contributed by atoms with Gasteiger partial charge in [0.2, 0.25) is 0 Å². The molecule has 0 N–H and O–H groups in total. The summed E-state index contributed by atoms with van der Waals surface area (Å²) in [5.41, 5.74) is -2.87. The van der Waals surface area contributed by atoms with Crippen molar-refractivity contribution in [3.8, 4) is 0 Å². The van der Waals surface area contributed by atoms with E-state index in [2.05, 4.69) is 0 Å². The maximum Gasteiger partial charge on any atom is 0.510 e. The number of hydrogen-bond donors (Lipinski definition) is 0. The number of rotatable bonds is 10. The third kappa shape index (κ3) is 4.25. The molecule has 0 aromatic heterocycles. The Balaban J connectivity index is 6.16. The van der Waals surface area contributed by atoms with E-state index in [0.29, 0.717) is 6.92 Å². The van der Waals surface area contributed by atoms with Crippen LogP contribution in [-0.4, -0.2) is 52.6 Å². The van der Waals surface area contributed by atoms with Crippen LogP contribution in [0.15, 0.2) is 0 Å². The van der Waals surface area contributed by atoms with E-state index in [4.69, 9.17) is 13.3 Å². The molecule has 0 saturated heterocycles. The van der Waals surface area contributed by atoms with Crippen molar-refractivity contribution in [3.05, 3.63) is 0 Å². The molecule has 0 bridgehead atoms. The summed E-state index contributed by atoms with van der Waals surface area (Å²) in [6.07, 6.45) is -6.88. The quantitative estimate of drug-likeness (QED) is 0.379. The summed E-state index contributed by atoms with van der Waals surface area (Å²) in [5, 5.41) is 0. The lowest BCUT2D eigenvalue weighted by molar-refractivity contribution is -0.397. The number of hydrogen-bond acceptors (Lipinski definition) is 3. The van der Waals surface area contributed by atoms with Gasteiger partial charge in [0.05, 0.1) is 5.54 Å². The first-order valence-corrected chi connectivity index (χ1v) is 9.01. The van der Waals surface area contributed by atoms with Crippen LogP contribution in [0.4, 0.5) is 39.5 Å². The molecule has 0 aliphatic heterocycles. The summed E-state index contributed by atoms with van der Waals surface area (Å²) in [4.78, 5) is 0. The van der Waals surface area contributed by atoms with Gasteiger partial charge >= 0.3 is 32.7 Å². The van der Waals surface area contributed by atoms with Crippen LogP contribution in [0.2, 0.25) is 5.54 Å². The lowest BCUT2D eigenvalue weighted by atomic mass is 10.0. The van der Waals surface area contributed by atoms with Crippen molar-refractivity contribution in [2.75, 3.05) is 19.8 Å². The lowest BCUT2D eigenvalue weighted by Crippen LogP contribution is -2.66. The van der Waals surface area contributed by atoms with Crippen molar-refractivity contribution in [2.45, 2.75) is 57.2 Å². The topological polar surface area (TPSA) is 27.7 Å². The highest BCUT2D eigenvalue weighted by molar-refractivity contribution is 6.62. The van der Waals surface area contributed by atoms with Gasteiger partial charge in [-0.3, -0.25) is 0 Å². The van der Waals surface area contributed by atoms with Crippen molar-refractivity contribution < 1.29 is 52.8 Å². The van der Waals surface area contributed by atoms with E-state index in [1.807, 2.05) is 0 Å². The van der Waals surface area contributed by atoms with Crippen molar-refractivity contribution in [1.82, 2.24) is 0 Å². The summed E-state index contributed by atoms with van der Waals surface area (Å²) in [5.74, 6) is -19.6. The molecule has 0 radical (unpaired) electrons. The molecule has 1 atom stereocenters. The standard InChI is InChI=1S/C12H19F9O3Si/c1-5-22-25(23-6-2,24-7-3)8(4)9(13,14)10(15,16)11(17,18)12(19,20)21/h8H,5-7H2,1-4H3. The van der Waals surface area contributed by atoms with E-state index in [1.54, 1.807) is 0 Å². The third-order valence-corrected chi connectivity index (χ3v) is 6.78. The Morgan fingerprint density at radius 3 is 1.24 bits per heavy atom. The van der Waals surface area contributed by atoms with Gasteiger partial charge in [-0.2, -0.15) is 39.5 Å². The highest BCUT2D eigenvalue weighted by atomic mass is 28.4. The normalized spacial score (nSPS) is 16.2. The Hall–Kier alpha value is -0.533. The van der Waals surface area contributed by atoms with E-state index in [9.17, 15) is 39.5 Å². The van der Waals surface area contributed by atoms with Crippen molar-refractivity contribution in [3.63, 3.8) is 0 Å². The highest BCUT2D eigenvalue weighted by Crippen LogP contribution is 2.58. The molecule has 25 heavy (non-hydrogen) atoms. The Kier molecular flexibility index (Phi) is 7.83. The zero-order chi connectivity index (χ0) is 20.3. The van der Waals surface area contributed by atoms with E-state index in [1.165, 1.54) is 20.8 Å². The Morgan fingerprint density at radius 1 is 0.680 bits per heavy atom. The Labute approximate surface area is 139 Å². The van der Waals surface area contributed by atoms with Crippen LogP contribution in [0.1, 0.15) is 27.7 Å². The van der Waals surface area contributed by atoms with E-state index < -0.39 is 38.3 Å². The third-order valence-electron chi connectivity index (χ3n) is 3.28. The smallest absolute Gasteiger partial charge is 0.373 e. The zero-order valence-corrected chi connectivity index (χ0v) is 14.8. The Morgan fingerprint density at radius 2 is 1.00 bits per heavy atom. The van der Waals surface area contributed by atoms with Gasteiger partial charge in [-0.05, 0) is 20.8 Å². The molecule has 3 nitrogen and oxygen atoms in total. The number of halogens is 9. The van der Waals surface area contributed by atoms with Crippen LogP contribution < -0.4 is 0 Å². The monoisotopic (exact) mass is 410 g/mol. The fourth-order valence-corrected chi connectivity index (χ4v) is 4.82. The maximum atomic E-state index is 14.2. The minimum atomic E-state index is -6.97. The second-order valence-corrected chi connectivity index (χ2v) is 7.83. The first-order chi connectivity index (χ1) is 11.1. The molecule has 0 aliphatic carbocycles. The van der Waals surface area contributed by atoms with Crippen LogP contribution in [-0.2, 0) is 13.3 Å². The molecular formula is C12H19F9O3Si. The molecule has 0 saturated carbocycles. The summed E-state index contributed by atoms with van der Waals surface area (Å²) in [6, 6.07) is 0. The molecular weight excluding hydrogens is 391 g/mol. The van der Waals surface area contributed by atoms with E-state index in [0.717, 1.165) is 0 Å². The van der Waals surface area contributed by atoms with Gasteiger partial charge in [-0.1, -0.05) is 6.92 Å². The molecule has 0 aliphatic rings. The minimum Gasteiger partial charge on any atom is -0.373 e. The molecule has 0 aromatic rings. The van der Waals surface area contributed by atoms with Gasteiger partial charge < -0.3 is 13.3 Å². The molecule has 0 aromatic carbocycles. The van der Waals surface area contributed by atoms with Crippen LogP contribution in [0.5, 0.6) is 0 Å². The van der Waals surface area contributed by atoms with Gasteiger partial charge in [-0.25, -0.2) is 0 Å². The van der Waals surface area contributed by atoms with Crippen LogP contribution >= 0.6 is 0 Å². The lowest BCUT2D eigenvalue weighted by Gasteiger charge is -2.41. The van der Waals surface area contributed by atoms with Gasteiger partial charge in [0, 0.05) is 19.8 Å². The fraction of sp³-hybridized carbons (Fsp3) is 1.00. The van der Waals surface area contributed by atoms with Gasteiger partial charge in [0.1, 0.15) is 0 Å². The first kappa shape index (κ1) is 24.5.